The summed E-state index contributed by atoms with van der Waals surface area (Å²) in [5.41, 5.74) is -0.773. The third kappa shape index (κ3) is 4.20. The van der Waals surface area contributed by atoms with Crippen molar-refractivity contribution >= 4 is 35.1 Å². The number of carbonyl (C=O) groups excluding carboxylic acids is 2. The lowest BCUT2D eigenvalue weighted by Gasteiger charge is -2.23. The van der Waals surface area contributed by atoms with E-state index in [1.807, 2.05) is 0 Å². The van der Waals surface area contributed by atoms with Gasteiger partial charge in [-0.3, -0.25) is 9.59 Å². The number of amides is 2. The molecule has 2 rings (SSSR count). The van der Waals surface area contributed by atoms with E-state index in [0.29, 0.717) is 4.90 Å². The number of aliphatic carboxylic acids is 1. The van der Waals surface area contributed by atoms with Crippen LogP contribution in [-0.4, -0.2) is 30.0 Å². The van der Waals surface area contributed by atoms with Crippen LogP contribution < -0.4 is 9.64 Å². The summed E-state index contributed by atoms with van der Waals surface area (Å²) in [4.78, 5) is 37.8. The van der Waals surface area contributed by atoms with Crippen LogP contribution in [0, 0.1) is 5.82 Å². The van der Waals surface area contributed by atoms with E-state index in [9.17, 15) is 18.8 Å². The predicted molar refractivity (Wildman–Crippen MR) is 102 cm³/mol. The summed E-state index contributed by atoms with van der Waals surface area (Å²) in [5, 5.41) is 9.11. The number of rotatable bonds is 5. The standard InChI is InChI=1S/C20H17ClFNO5/c1-11(12(2)20(26)27)18(24)23(19(25)13-7-5-4-6-8-13)16-10-17(28-3)14(21)9-15(16)22/h4-10H,1-3H3,(H,26,27)/b12-11-. The Morgan fingerprint density at radius 3 is 2.21 bits per heavy atom. The summed E-state index contributed by atoms with van der Waals surface area (Å²) in [6.07, 6.45) is 0. The fraction of sp³-hybridized carbons (Fsp3) is 0.150. The average molecular weight is 406 g/mol. The summed E-state index contributed by atoms with van der Waals surface area (Å²) in [7, 11) is 1.30. The molecule has 6 nitrogen and oxygen atoms in total. The quantitative estimate of drug-likeness (QED) is 0.757. The molecule has 0 atom stereocenters. The molecule has 0 fully saturated rings. The molecule has 0 aromatic heterocycles. The van der Waals surface area contributed by atoms with E-state index in [2.05, 4.69) is 0 Å². The smallest absolute Gasteiger partial charge is 0.331 e. The number of carboxylic acids is 1. The molecule has 8 heteroatoms. The van der Waals surface area contributed by atoms with E-state index in [-0.39, 0.29) is 27.5 Å². The molecule has 0 aliphatic rings. The van der Waals surface area contributed by atoms with Crippen molar-refractivity contribution in [3.63, 3.8) is 0 Å². The number of methoxy groups -OCH3 is 1. The highest BCUT2D eigenvalue weighted by molar-refractivity contribution is 6.32. The second-order valence-electron chi connectivity index (χ2n) is 5.81. The fourth-order valence-corrected chi connectivity index (χ4v) is 2.58. The number of carbonyl (C=O) groups is 3. The molecule has 2 aromatic rings. The lowest BCUT2D eigenvalue weighted by Crippen LogP contribution is -2.38. The van der Waals surface area contributed by atoms with Gasteiger partial charge < -0.3 is 9.84 Å². The molecule has 1 N–H and O–H groups in total. The van der Waals surface area contributed by atoms with Crippen molar-refractivity contribution < 1.29 is 28.6 Å². The van der Waals surface area contributed by atoms with Crippen LogP contribution in [0.4, 0.5) is 10.1 Å². The van der Waals surface area contributed by atoms with E-state index in [4.69, 9.17) is 21.4 Å². The molecule has 28 heavy (non-hydrogen) atoms. The number of hydrogen-bond acceptors (Lipinski definition) is 4. The molecule has 0 bridgehead atoms. The number of anilines is 1. The first-order valence-corrected chi connectivity index (χ1v) is 8.44. The number of benzene rings is 2. The van der Waals surface area contributed by atoms with E-state index < -0.39 is 29.3 Å². The second-order valence-corrected chi connectivity index (χ2v) is 6.21. The van der Waals surface area contributed by atoms with Gasteiger partial charge in [-0.1, -0.05) is 29.8 Å². The Balaban J connectivity index is 2.71. The zero-order chi connectivity index (χ0) is 21.0. The van der Waals surface area contributed by atoms with E-state index >= 15 is 0 Å². The predicted octanol–water partition coefficient (Wildman–Crippen LogP) is 4.08. The van der Waals surface area contributed by atoms with Crippen molar-refractivity contribution in [1.82, 2.24) is 0 Å². The minimum Gasteiger partial charge on any atom is -0.495 e. The third-order valence-electron chi connectivity index (χ3n) is 4.09. The van der Waals surface area contributed by atoms with Crippen molar-refractivity contribution in [2.45, 2.75) is 13.8 Å². The van der Waals surface area contributed by atoms with Gasteiger partial charge in [-0.05, 0) is 32.0 Å². The third-order valence-corrected chi connectivity index (χ3v) is 4.39. The maximum absolute atomic E-state index is 14.7. The fourth-order valence-electron chi connectivity index (χ4n) is 2.36. The topological polar surface area (TPSA) is 83.9 Å². The first-order chi connectivity index (χ1) is 13.2. The number of imide groups is 1. The molecular weight excluding hydrogens is 389 g/mol. The van der Waals surface area contributed by atoms with Crippen molar-refractivity contribution in [3.8, 4) is 5.75 Å². The molecular formula is C20H17ClFNO5. The molecule has 0 heterocycles. The minimum absolute atomic E-state index is 0.0442. The van der Waals surface area contributed by atoms with E-state index in [1.165, 1.54) is 33.1 Å². The Kier molecular flexibility index (Phi) is 6.53. The Bertz CT molecular complexity index is 972. The van der Waals surface area contributed by atoms with Gasteiger partial charge in [0.1, 0.15) is 11.6 Å². The van der Waals surface area contributed by atoms with Crippen LogP contribution >= 0.6 is 11.6 Å². The molecule has 2 amide bonds. The van der Waals surface area contributed by atoms with Gasteiger partial charge in [-0.2, -0.15) is 0 Å². The molecule has 0 aliphatic heterocycles. The van der Waals surface area contributed by atoms with Crippen LogP contribution in [0.5, 0.6) is 5.75 Å². The van der Waals surface area contributed by atoms with Crippen molar-refractivity contribution in [2.24, 2.45) is 0 Å². The van der Waals surface area contributed by atoms with Crippen LogP contribution in [0.1, 0.15) is 24.2 Å². The molecule has 0 saturated carbocycles. The zero-order valence-electron chi connectivity index (χ0n) is 15.3. The number of ether oxygens (including phenoxy) is 1. The maximum atomic E-state index is 14.7. The molecule has 0 unspecified atom stereocenters. The van der Waals surface area contributed by atoms with Gasteiger partial charge in [0, 0.05) is 22.8 Å². The molecule has 0 spiro atoms. The Labute approximate surface area is 165 Å². The normalized spacial score (nSPS) is 11.5. The Hall–Kier alpha value is -3.19. The SMILES string of the molecule is COc1cc(N(C(=O)/C(C)=C(/C)C(=O)O)C(=O)c2ccccc2)c(F)cc1Cl. The van der Waals surface area contributed by atoms with Crippen LogP contribution in [0.25, 0.3) is 0 Å². The highest BCUT2D eigenvalue weighted by atomic mass is 35.5. The van der Waals surface area contributed by atoms with Crippen molar-refractivity contribution in [1.29, 1.82) is 0 Å². The van der Waals surface area contributed by atoms with Gasteiger partial charge in [0.2, 0.25) is 0 Å². The minimum atomic E-state index is -1.33. The highest BCUT2D eigenvalue weighted by Crippen LogP contribution is 2.34. The Morgan fingerprint density at radius 1 is 1.07 bits per heavy atom. The summed E-state index contributed by atoms with van der Waals surface area (Å²) < 4.78 is 19.7. The summed E-state index contributed by atoms with van der Waals surface area (Å²) in [6.45, 7) is 2.47. The van der Waals surface area contributed by atoms with Crippen LogP contribution in [0.15, 0.2) is 53.6 Å². The Morgan fingerprint density at radius 2 is 1.68 bits per heavy atom. The summed E-state index contributed by atoms with van der Waals surface area (Å²) in [6, 6.07) is 9.78. The molecule has 2 aromatic carbocycles. The van der Waals surface area contributed by atoms with E-state index in [1.54, 1.807) is 18.2 Å². The summed E-state index contributed by atoms with van der Waals surface area (Å²) in [5.74, 6) is -4.02. The van der Waals surface area contributed by atoms with Gasteiger partial charge in [0.05, 0.1) is 17.8 Å². The highest BCUT2D eigenvalue weighted by Gasteiger charge is 2.30. The molecule has 0 radical (unpaired) electrons. The molecule has 0 saturated heterocycles. The van der Waals surface area contributed by atoms with E-state index in [0.717, 1.165) is 12.1 Å². The first-order valence-electron chi connectivity index (χ1n) is 8.06. The number of carboxylic acid groups (broad SMARTS) is 1. The van der Waals surface area contributed by atoms with Crippen LogP contribution in [0.2, 0.25) is 5.02 Å². The van der Waals surface area contributed by atoms with Gasteiger partial charge >= 0.3 is 5.97 Å². The lowest BCUT2D eigenvalue weighted by molar-refractivity contribution is -0.133. The van der Waals surface area contributed by atoms with Crippen LogP contribution in [0.3, 0.4) is 0 Å². The van der Waals surface area contributed by atoms with Crippen LogP contribution in [-0.2, 0) is 9.59 Å². The second kappa shape index (κ2) is 8.67. The number of hydrogen-bond donors (Lipinski definition) is 1. The number of nitrogens with zero attached hydrogens (tertiary/aromatic N) is 1. The summed E-state index contributed by atoms with van der Waals surface area (Å²) >= 11 is 5.90. The largest absolute Gasteiger partial charge is 0.495 e. The monoisotopic (exact) mass is 405 g/mol. The molecule has 146 valence electrons. The van der Waals surface area contributed by atoms with Gasteiger partial charge in [0.25, 0.3) is 11.8 Å². The van der Waals surface area contributed by atoms with Crippen molar-refractivity contribution in [3.05, 3.63) is 70.0 Å². The first kappa shape index (κ1) is 21.1. The van der Waals surface area contributed by atoms with Crippen molar-refractivity contribution in [2.75, 3.05) is 12.0 Å². The maximum Gasteiger partial charge on any atom is 0.331 e. The zero-order valence-corrected chi connectivity index (χ0v) is 16.1. The lowest BCUT2D eigenvalue weighted by atomic mass is 10.1. The number of halogens is 2. The van der Waals surface area contributed by atoms with Gasteiger partial charge in [-0.15, -0.1) is 0 Å². The van der Waals surface area contributed by atoms with Gasteiger partial charge in [-0.25, -0.2) is 14.1 Å². The molecule has 0 aliphatic carbocycles. The average Bonchev–Trinajstić information content (AvgIpc) is 2.68. The van der Waals surface area contributed by atoms with Gasteiger partial charge in [0.15, 0.2) is 0 Å².